The van der Waals surface area contributed by atoms with E-state index >= 15 is 0 Å². The van der Waals surface area contributed by atoms with Crippen LogP contribution in [0.3, 0.4) is 0 Å². The van der Waals surface area contributed by atoms with Crippen molar-refractivity contribution in [3.8, 4) is 0 Å². The maximum atomic E-state index is 13.3. The van der Waals surface area contributed by atoms with Crippen LogP contribution in [0.15, 0.2) is 35.5 Å². The lowest BCUT2D eigenvalue weighted by Crippen LogP contribution is -2.29. The van der Waals surface area contributed by atoms with Gasteiger partial charge in [-0.15, -0.1) is 0 Å². The second-order valence-electron chi connectivity index (χ2n) is 4.17. The summed E-state index contributed by atoms with van der Waals surface area (Å²) in [5, 5.41) is 2.69. The third kappa shape index (κ3) is 3.31. The van der Waals surface area contributed by atoms with Gasteiger partial charge in [0.05, 0.1) is 13.0 Å². The van der Waals surface area contributed by atoms with E-state index in [4.69, 9.17) is 5.73 Å². The molecular weight excluding hydrogens is 219 g/mol. The molecule has 90 valence electrons. The van der Waals surface area contributed by atoms with Crippen LogP contribution in [-0.2, 0) is 11.2 Å². The molecule has 3 nitrogen and oxygen atoms in total. The second-order valence-corrected chi connectivity index (χ2v) is 4.17. The molecule has 3 N–H and O–H groups in total. The van der Waals surface area contributed by atoms with E-state index in [0.29, 0.717) is 12.1 Å². The molecule has 4 heteroatoms. The Labute approximate surface area is 99.5 Å². The largest absolute Gasteiger partial charge is 0.401 e. The number of allylic oxidation sites excluding steroid dienone is 1. The summed E-state index contributed by atoms with van der Waals surface area (Å²) in [6.07, 6.45) is 2.12. The van der Waals surface area contributed by atoms with Gasteiger partial charge < -0.3 is 11.1 Å². The van der Waals surface area contributed by atoms with Gasteiger partial charge in [-0.1, -0.05) is 18.2 Å². The highest BCUT2D eigenvalue weighted by molar-refractivity contribution is 5.78. The molecule has 0 aliphatic heterocycles. The van der Waals surface area contributed by atoms with E-state index in [0.717, 1.165) is 18.5 Å². The van der Waals surface area contributed by atoms with E-state index in [-0.39, 0.29) is 18.1 Å². The van der Waals surface area contributed by atoms with Crippen molar-refractivity contribution in [3.63, 3.8) is 0 Å². The van der Waals surface area contributed by atoms with E-state index in [9.17, 15) is 9.18 Å². The lowest BCUT2D eigenvalue weighted by molar-refractivity contribution is -0.120. The van der Waals surface area contributed by atoms with Crippen LogP contribution in [0.25, 0.3) is 0 Å². The summed E-state index contributed by atoms with van der Waals surface area (Å²) in [4.78, 5) is 11.6. The number of benzene rings is 1. The Morgan fingerprint density at radius 3 is 2.71 bits per heavy atom. The van der Waals surface area contributed by atoms with E-state index in [2.05, 4.69) is 5.32 Å². The topological polar surface area (TPSA) is 55.1 Å². The van der Waals surface area contributed by atoms with Gasteiger partial charge in [0.25, 0.3) is 0 Å². The van der Waals surface area contributed by atoms with Crippen LogP contribution in [0.2, 0.25) is 0 Å². The third-order valence-corrected chi connectivity index (χ3v) is 2.74. The first-order valence-corrected chi connectivity index (χ1v) is 5.63. The van der Waals surface area contributed by atoms with Crippen molar-refractivity contribution in [3.05, 3.63) is 46.9 Å². The van der Waals surface area contributed by atoms with Gasteiger partial charge in [0.15, 0.2) is 0 Å². The Morgan fingerprint density at radius 1 is 1.35 bits per heavy atom. The SMILES string of the molecule is NC(CNC(=O)Cc1ccccc1F)=C1CC1. The Bertz CT molecular complexity index is 462. The predicted octanol–water partition coefficient (Wildman–Crippen LogP) is 1.49. The Kier molecular flexibility index (Phi) is 3.42. The molecule has 2 rings (SSSR count). The fourth-order valence-electron chi connectivity index (χ4n) is 1.58. The molecule has 0 spiro atoms. The minimum absolute atomic E-state index is 0.0509. The highest BCUT2D eigenvalue weighted by Gasteiger charge is 2.16. The van der Waals surface area contributed by atoms with Crippen molar-refractivity contribution in [1.82, 2.24) is 5.32 Å². The molecule has 0 heterocycles. The lowest BCUT2D eigenvalue weighted by Gasteiger charge is -2.06. The van der Waals surface area contributed by atoms with Crippen LogP contribution in [-0.4, -0.2) is 12.5 Å². The molecule has 0 unspecified atom stereocenters. The normalized spacial score (nSPS) is 13.4. The summed E-state index contributed by atoms with van der Waals surface area (Å²) >= 11 is 0. The van der Waals surface area contributed by atoms with Gasteiger partial charge in [-0.25, -0.2) is 4.39 Å². The monoisotopic (exact) mass is 234 g/mol. The first-order valence-electron chi connectivity index (χ1n) is 5.63. The summed E-state index contributed by atoms with van der Waals surface area (Å²) in [6.45, 7) is 0.364. The fraction of sp³-hybridized carbons (Fsp3) is 0.308. The molecule has 1 aromatic carbocycles. The molecular formula is C13H15FN2O. The summed E-state index contributed by atoms with van der Waals surface area (Å²) < 4.78 is 13.3. The van der Waals surface area contributed by atoms with Gasteiger partial charge in [0, 0.05) is 5.70 Å². The van der Waals surface area contributed by atoms with Crippen LogP contribution < -0.4 is 11.1 Å². The van der Waals surface area contributed by atoms with Crippen LogP contribution in [0, 0.1) is 5.82 Å². The number of rotatable bonds is 4. The molecule has 1 aromatic rings. The Morgan fingerprint density at radius 2 is 2.06 bits per heavy atom. The third-order valence-electron chi connectivity index (χ3n) is 2.74. The quantitative estimate of drug-likeness (QED) is 0.829. The molecule has 0 radical (unpaired) electrons. The minimum Gasteiger partial charge on any atom is -0.401 e. The average molecular weight is 234 g/mol. The molecule has 17 heavy (non-hydrogen) atoms. The number of amides is 1. The summed E-state index contributed by atoms with van der Waals surface area (Å²) in [7, 11) is 0. The molecule has 1 fully saturated rings. The zero-order valence-electron chi connectivity index (χ0n) is 9.50. The van der Waals surface area contributed by atoms with E-state index < -0.39 is 0 Å². The van der Waals surface area contributed by atoms with Crippen molar-refractivity contribution in [2.45, 2.75) is 19.3 Å². The Balaban J connectivity index is 1.85. The van der Waals surface area contributed by atoms with Crippen molar-refractivity contribution in [2.24, 2.45) is 5.73 Å². The summed E-state index contributed by atoms with van der Waals surface area (Å²) in [5.74, 6) is -0.560. The number of halogens is 1. The van der Waals surface area contributed by atoms with Crippen LogP contribution in [0.4, 0.5) is 4.39 Å². The van der Waals surface area contributed by atoms with Crippen molar-refractivity contribution < 1.29 is 9.18 Å². The lowest BCUT2D eigenvalue weighted by atomic mass is 10.1. The maximum Gasteiger partial charge on any atom is 0.224 e. The van der Waals surface area contributed by atoms with Gasteiger partial charge in [0.1, 0.15) is 5.82 Å². The summed E-state index contributed by atoms with van der Waals surface area (Å²) in [5.41, 5.74) is 8.11. The molecule has 1 saturated carbocycles. The van der Waals surface area contributed by atoms with Crippen LogP contribution >= 0.6 is 0 Å². The smallest absolute Gasteiger partial charge is 0.224 e. The highest BCUT2D eigenvalue weighted by Crippen LogP contribution is 2.29. The molecule has 0 saturated heterocycles. The van der Waals surface area contributed by atoms with Gasteiger partial charge in [0.2, 0.25) is 5.91 Å². The van der Waals surface area contributed by atoms with Gasteiger partial charge in [-0.05, 0) is 30.0 Å². The molecule has 0 aromatic heterocycles. The van der Waals surface area contributed by atoms with E-state index in [1.54, 1.807) is 18.2 Å². The average Bonchev–Trinajstić information content (AvgIpc) is 3.13. The molecule has 1 aliphatic rings. The van der Waals surface area contributed by atoms with Crippen LogP contribution in [0.5, 0.6) is 0 Å². The van der Waals surface area contributed by atoms with Crippen molar-refractivity contribution >= 4 is 5.91 Å². The standard InChI is InChI=1S/C13H15FN2O/c14-11-4-2-1-3-10(11)7-13(17)16-8-12(15)9-5-6-9/h1-4H,5-8,15H2,(H,16,17). The zero-order valence-corrected chi connectivity index (χ0v) is 9.50. The number of nitrogens with two attached hydrogens (primary N) is 1. The minimum atomic E-state index is -0.351. The maximum absolute atomic E-state index is 13.3. The number of nitrogens with one attached hydrogen (secondary N) is 1. The summed E-state index contributed by atoms with van der Waals surface area (Å²) in [6, 6.07) is 6.28. The Hall–Kier alpha value is -1.84. The number of hydrogen-bond donors (Lipinski definition) is 2. The van der Waals surface area contributed by atoms with Crippen molar-refractivity contribution in [1.29, 1.82) is 0 Å². The predicted molar refractivity (Wildman–Crippen MR) is 63.6 cm³/mol. The second kappa shape index (κ2) is 4.99. The van der Waals surface area contributed by atoms with Crippen molar-refractivity contribution in [2.75, 3.05) is 6.54 Å². The molecule has 0 atom stereocenters. The fourth-order valence-corrected chi connectivity index (χ4v) is 1.58. The number of hydrogen-bond acceptors (Lipinski definition) is 2. The highest BCUT2D eigenvalue weighted by atomic mass is 19.1. The number of carbonyl (C=O) groups is 1. The first-order chi connectivity index (χ1) is 8.16. The first kappa shape index (κ1) is 11.6. The number of carbonyl (C=O) groups excluding carboxylic acids is 1. The van der Waals surface area contributed by atoms with E-state index in [1.807, 2.05) is 0 Å². The molecule has 1 aliphatic carbocycles. The van der Waals surface area contributed by atoms with Crippen LogP contribution in [0.1, 0.15) is 18.4 Å². The van der Waals surface area contributed by atoms with Gasteiger partial charge in [-0.3, -0.25) is 4.79 Å². The zero-order chi connectivity index (χ0) is 12.3. The van der Waals surface area contributed by atoms with Gasteiger partial charge >= 0.3 is 0 Å². The van der Waals surface area contributed by atoms with E-state index in [1.165, 1.54) is 11.6 Å². The molecule has 0 bridgehead atoms. The van der Waals surface area contributed by atoms with Gasteiger partial charge in [-0.2, -0.15) is 0 Å². The molecule has 1 amide bonds.